The van der Waals surface area contributed by atoms with Crippen LogP contribution >= 0.6 is 15.9 Å². The van der Waals surface area contributed by atoms with Crippen molar-refractivity contribution in [2.45, 2.75) is 12.8 Å². The van der Waals surface area contributed by atoms with E-state index in [-0.39, 0.29) is 18.8 Å². The van der Waals surface area contributed by atoms with E-state index in [4.69, 9.17) is 10.2 Å². The van der Waals surface area contributed by atoms with Crippen molar-refractivity contribution >= 4 is 37.5 Å². The maximum absolute atomic E-state index is 11.8. The number of fused-ring (bicyclic) bond motifs is 2. The van der Waals surface area contributed by atoms with Crippen LogP contribution in [0.5, 0.6) is 0 Å². The van der Waals surface area contributed by atoms with Gasteiger partial charge in [-0.2, -0.15) is 0 Å². The van der Waals surface area contributed by atoms with Gasteiger partial charge in [-0.05, 0) is 75.8 Å². The number of hydrogen-bond donors (Lipinski definition) is 2. The highest BCUT2D eigenvalue weighted by Crippen LogP contribution is 2.21. The largest absolute Gasteiger partial charge is 0.396 e. The molecule has 2 N–H and O–H groups in total. The minimum absolute atomic E-state index is 0.0382. The number of hydrogen-bond acceptors (Lipinski definition) is 3. The Morgan fingerprint density at radius 1 is 0.647 bits per heavy atom. The van der Waals surface area contributed by atoms with E-state index < -0.39 is 0 Å². The van der Waals surface area contributed by atoms with E-state index in [1.54, 1.807) is 22.9 Å². The van der Waals surface area contributed by atoms with Gasteiger partial charge in [-0.25, -0.2) is 0 Å². The molecular weight excluding hydrogens is 490 g/mol. The normalized spacial score (nSPS) is 10.8. The molecule has 0 aliphatic heterocycles. The van der Waals surface area contributed by atoms with E-state index in [1.807, 2.05) is 42.5 Å². The van der Waals surface area contributed by atoms with Crippen LogP contribution in [0.4, 0.5) is 0 Å². The highest BCUT2D eigenvalue weighted by Gasteiger charge is 2.02. The number of rotatable bonds is 5. The first-order valence-electron chi connectivity index (χ1n) is 11.2. The van der Waals surface area contributed by atoms with Crippen molar-refractivity contribution in [1.82, 2.24) is 4.57 Å². The standard InChI is InChI=1S/C17H15NO2.C12H11BrO/c19-10-8-13-4-5-15-12-16(7-6-14(15)11-13)18-9-2-1-3-17(18)20;13-12-4-3-10-7-9(5-6-14)1-2-11(10)8-12/h1-7,9,11-12,19H,8,10H2;1-4,7-8,14H,5-6H2. The third-order valence-corrected chi connectivity index (χ3v) is 6.15. The molecule has 5 aromatic rings. The molecule has 1 heterocycles. The summed E-state index contributed by atoms with van der Waals surface area (Å²) in [7, 11) is 0. The lowest BCUT2D eigenvalue weighted by molar-refractivity contribution is 0.299. The summed E-state index contributed by atoms with van der Waals surface area (Å²) in [4.78, 5) is 11.8. The van der Waals surface area contributed by atoms with Gasteiger partial charge in [-0.1, -0.05) is 70.5 Å². The van der Waals surface area contributed by atoms with Crippen LogP contribution in [0.25, 0.3) is 27.2 Å². The zero-order valence-electron chi connectivity index (χ0n) is 18.7. The molecule has 0 saturated carbocycles. The van der Waals surface area contributed by atoms with Crippen molar-refractivity contribution in [2.24, 2.45) is 0 Å². The molecule has 4 nitrogen and oxygen atoms in total. The maximum atomic E-state index is 11.8. The van der Waals surface area contributed by atoms with Gasteiger partial charge in [0.15, 0.2) is 0 Å². The lowest BCUT2D eigenvalue weighted by atomic mass is 10.0. The number of nitrogens with zero attached hydrogens (tertiary/aromatic N) is 1. The van der Waals surface area contributed by atoms with Crippen molar-refractivity contribution in [2.75, 3.05) is 13.2 Å². The van der Waals surface area contributed by atoms with Gasteiger partial charge < -0.3 is 10.2 Å². The maximum Gasteiger partial charge on any atom is 0.255 e. The van der Waals surface area contributed by atoms with Crippen LogP contribution in [0.1, 0.15) is 11.1 Å². The number of aliphatic hydroxyl groups excluding tert-OH is 2. The predicted molar refractivity (Wildman–Crippen MR) is 143 cm³/mol. The number of benzene rings is 4. The van der Waals surface area contributed by atoms with Crippen LogP contribution in [0.15, 0.2) is 106 Å². The quantitative estimate of drug-likeness (QED) is 0.317. The molecule has 172 valence electrons. The second kappa shape index (κ2) is 11.3. The summed E-state index contributed by atoms with van der Waals surface area (Å²) in [5.41, 5.74) is 3.12. The summed E-state index contributed by atoms with van der Waals surface area (Å²) < 4.78 is 2.72. The van der Waals surface area contributed by atoms with E-state index in [0.717, 1.165) is 32.9 Å². The lowest BCUT2D eigenvalue weighted by Crippen LogP contribution is -2.15. The molecule has 34 heavy (non-hydrogen) atoms. The van der Waals surface area contributed by atoms with Crippen molar-refractivity contribution in [3.05, 3.63) is 123 Å². The van der Waals surface area contributed by atoms with Gasteiger partial charge >= 0.3 is 0 Å². The molecule has 5 heteroatoms. The fourth-order valence-corrected chi connectivity index (χ4v) is 4.29. The van der Waals surface area contributed by atoms with Crippen molar-refractivity contribution in [3.8, 4) is 5.69 Å². The second-order valence-corrected chi connectivity index (χ2v) is 8.96. The average Bonchev–Trinajstić information content (AvgIpc) is 2.85. The molecule has 0 spiro atoms. The number of halogens is 1. The molecule has 0 aliphatic carbocycles. The van der Waals surface area contributed by atoms with Gasteiger partial charge in [0, 0.05) is 35.6 Å². The van der Waals surface area contributed by atoms with Gasteiger partial charge in [0.2, 0.25) is 0 Å². The molecule has 1 aromatic heterocycles. The van der Waals surface area contributed by atoms with E-state index in [2.05, 4.69) is 52.3 Å². The van der Waals surface area contributed by atoms with Crippen LogP contribution in [0.2, 0.25) is 0 Å². The molecule has 0 bridgehead atoms. The smallest absolute Gasteiger partial charge is 0.255 e. The predicted octanol–water partition coefficient (Wildman–Crippen LogP) is 5.66. The summed E-state index contributed by atoms with van der Waals surface area (Å²) in [6, 6.07) is 29.7. The van der Waals surface area contributed by atoms with Crippen LogP contribution < -0.4 is 5.56 Å². The Kier molecular flexibility index (Phi) is 7.91. The summed E-state index contributed by atoms with van der Waals surface area (Å²) in [5, 5.41) is 22.4. The average molecular weight is 516 g/mol. The van der Waals surface area contributed by atoms with Crippen LogP contribution in [0, 0.1) is 0 Å². The zero-order chi connectivity index (χ0) is 23.9. The summed E-state index contributed by atoms with van der Waals surface area (Å²) in [5.74, 6) is 0. The Morgan fingerprint density at radius 3 is 1.82 bits per heavy atom. The Morgan fingerprint density at radius 2 is 1.21 bits per heavy atom. The zero-order valence-corrected chi connectivity index (χ0v) is 20.3. The number of aliphatic hydroxyl groups is 2. The van der Waals surface area contributed by atoms with Crippen molar-refractivity contribution in [3.63, 3.8) is 0 Å². The molecule has 4 aromatic carbocycles. The summed E-state index contributed by atoms with van der Waals surface area (Å²) in [6.45, 7) is 0.366. The Balaban J connectivity index is 0.000000172. The summed E-state index contributed by atoms with van der Waals surface area (Å²) >= 11 is 3.44. The van der Waals surface area contributed by atoms with E-state index in [0.29, 0.717) is 6.42 Å². The third-order valence-electron chi connectivity index (χ3n) is 5.66. The molecule has 0 radical (unpaired) electrons. The fourth-order valence-electron chi connectivity index (χ4n) is 3.91. The first-order valence-corrected chi connectivity index (χ1v) is 12.0. The number of aromatic nitrogens is 1. The van der Waals surface area contributed by atoms with E-state index in [1.165, 1.54) is 16.3 Å². The lowest BCUT2D eigenvalue weighted by Gasteiger charge is -2.07. The molecule has 0 saturated heterocycles. The molecule has 0 atom stereocenters. The first-order chi connectivity index (χ1) is 16.6. The molecule has 0 fully saturated rings. The van der Waals surface area contributed by atoms with Gasteiger partial charge in [-0.3, -0.25) is 9.36 Å². The molecule has 0 amide bonds. The fraction of sp³-hybridized carbons (Fsp3) is 0.138. The van der Waals surface area contributed by atoms with E-state index >= 15 is 0 Å². The SMILES string of the molecule is O=c1ccccn1-c1ccc2cc(CCO)ccc2c1.OCCc1ccc2cc(Br)ccc2c1. The second-order valence-electron chi connectivity index (χ2n) is 8.05. The van der Waals surface area contributed by atoms with Crippen molar-refractivity contribution < 1.29 is 10.2 Å². The minimum atomic E-state index is -0.0382. The highest BCUT2D eigenvalue weighted by molar-refractivity contribution is 9.10. The monoisotopic (exact) mass is 515 g/mol. The van der Waals surface area contributed by atoms with Gasteiger partial charge in [-0.15, -0.1) is 0 Å². The Labute approximate surface area is 206 Å². The van der Waals surface area contributed by atoms with Crippen LogP contribution in [-0.4, -0.2) is 28.0 Å². The Bertz CT molecular complexity index is 1480. The summed E-state index contributed by atoms with van der Waals surface area (Å²) in [6.07, 6.45) is 3.16. The molecule has 5 rings (SSSR count). The molecular formula is C29H26BrNO3. The van der Waals surface area contributed by atoms with Crippen LogP contribution in [0.3, 0.4) is 0 Å². The first kappa shape index (κ1) is 23.9. The van der Waals surface area contributed by atoms with Crippen molar-refractivity contribution in [1.29, 1.82) is 0 Å². The number of pyridine rings is 1. The minimum Gasteiger partial charge on any atom is -0.396 e. The van der Waals surface area contributed by atoms with E-state index in [9.17, 15) is 4.79 Å². The van der Waals surface area contributed by atoms with Crippen LogP contribution in [-0.2, 0) is 12.8 Å². The van der Waals surface area contributed by atoms with Gasteiger partial charge in [0.1, 0.15) is 0 Å². The highest BCUT2D eigenvalue weighted by atomic mass is 79.9. The Hall–Kier alpha value is -3.25. The molecule has 0 aliphatic rings. The third kappa shape index (κ3) is 5.81. The molecule has 0 unspecified atom stereocenters. The topological polar surface area (TPSA) is 62.5 Å². The van der Waals surface area contributed by atoms with Gasteiger partial charge in [0.25, 0.3) is 5.56 Å². The van der Waals surface area contributed by atoms with Gasteiger partial charge in [0.05, 0.1) is 0 Å².